The summed E-state index contributed by atoms with van der Waals surface area (Å²) < 4.78 is 5.12. The van der Waals surface area contributed by atoms with Gasteiger partial charge in [-0.05, 0) is 54.8 Å². The summed E-state index contributed by atoms with van der Waals surface area (Å²) >= 11 is 1.12. The summed E-state index contributed by atoms with van der Waals surface area (Å²) in [6, 6.07) is 12.3. The van der Waals surface area contributed by atoms with Crippen LogP contribution in [0.4, 0.5) is 0 Å². The van der Waals surface area contributed by atoms with Crippen LogP contribution in [0.25, 0.3) is 28.2 Å². The largest absolute Gasteiger partial charge is 0.497 e. The number of hydrogen-bond donors (Lipinski definition) is 1. The van der Waals surface area contributed by atoms with Crippen LogP contribution in [0.5, 0.6) is 5.75 Å². The molecular formula is C25H18N6O3S. The minimum absolute atomic E-state index is 0.0798. The first kappa shape index (κ1) is 22.4. The predicted molar refractivity (Wildman–Crippen MR) is 134 cm³/mol. The number of aromatic nitrogens is 5. The number of aliphatic imine (C=N–C) groups is 1. The lowest BCUT2D eigenvalue weighted by Gasteiger charge is -2.10. The molecule has 0 unspecified atom stereocenters. The van der Waals surface area contributed by atoms with Crippen LogP contribution in [0.15, 0.2) is 75.8 Å². The lowest BCUT2D eigenvalue weighted by molar-refractivity contribution is 0.102. The maximum atomic E-state index is 12.9. The van der Waals surface area contributed by atoms with Crippen molar-refractivity contribution in [1.29, 1.82) is 0 Å². The number of benzene rings is 1. The van der Waals surface area contributed by atoms with Crippen LogP contribution < -0.4 is 10.3 Å². The van der Waals surface area contributed by atoms with Crippen LogP contribution in [0.3, 0.4) is 0 Å². The van der Waals surface area contributed by atoms with E-state index in [1.165, 1.54) is 0 Å². The Bertz CT molecular complexity index is 1570. The van der Waals surface area contributed by atoms with Crippen LogP contribution in [-0.4, -0.2) is 49.4 Å². The van der Waals surface area contributed by atoms with E-state index < -0.39 is 5.56 Å². The molecule has 35 heavy (non-hydrogen) atoms. The third kappa shape index (κ3) is 4.79. The van der Waals surface area contributed by atoms with Gasteiger partial charge in [-0.25, -0.2) is 19.9 Å². The number of rotatable bonds is 7. The molecule has 1 N–H and O–H groups in total. The average molecular weight is 483 g/mol. The normalized spacial score (nSPS) is 12.5. The lowest BCUT2D eigenvalue weighted by Crippen LogP contribution is -2.14. The van der Waals surface area contributed by atoms with Crippen molar-refractivity contribution in [1.82, 2.24) is 24.9 Å². The predicted octanol–water partition coefficient (Wildman–Crippen LogP) is 3.73. The average Bonchev–Trinajstić information content (AvgIpc) is 2.92. The number of pyridine rings is 1. The van der Waals surface area contributed by atoms with Gasteiger partial charge >= 0.3 is 0 Å². The van der Waals surface area contributed by atoms with E-state index in [0.717, 1.165) is 11.8 Å². The van der Waals surface area contributed by atoms with E-state index in [2.05, 4.69) is 35.8 Å². The van der Waals surface area contributed by atoms with E-state index in [9.17, 15) is 9.59 Å². The van der Waals surface area contributed by atoms with Crippen molar-refractivity contribution in [3.8, 4) is 17.1 Å². The fourth-order valence-electron chi connectivity index (χ4n) is 3.39. The van der Waals surface area contributed by atoms with Crippen molar-refractivity contribution < 1.29 is 9.53 Å². The molecule has 10 heteroatoms. The van der Waals surface area contributed by atoms with Crippen LogP contribution in [0, 0.1) is 0 Å². The van der Waals surface area contributed by atoms with Gasteiger partial charge in [0.25, 0.3) is 5.56 Å². The Hall–Kier alpha value is -4.40. The van der Waals surface area contributed by atoms with Gasteiger partial charge in [0, 0.05) is 11.8 Å². The molecule has 4 heterocycles. The second kappa shape index (κ2) is 9.84. The third-order valence-electron chi connectivity index (χ3n) is 5.13. The number of hydrogen-bond acceptors (Lipinski definition) is 9. The molecule has 0 atom stereocenters. The molecule has 1 aliphatic rings. The van der Waals surface area contributed by atoms with Gasteiger partial charge in [-0.15, -0.1) is 0 Å². The Labute approximate surface area is 203 Å². The fraction of sp³-hybridized carbons (Fsp3) is 0.120. The molecule has 0 fully saturated rings. The number of nitrogens with zero attached hydrogens (tertiary/aromatic N) is 5. The Morgan fingerprint density at radius 1 is 1.11 bits per heavy atom. The second-order valence-electron chi connectivity index (χ2n) is 7.39. The smallest absolute Gasteiger partial charge is 0.279 e. The maximum Gasteiger partial charge on any atom is 0.279 e. The highest BCUT2D eigenvalue weighted by Crippen LogP contribution is 2.28. The fourth-order valence-corrected chi connectivity index (χ4v) is 4.14. The number of thioether (sulfide) groups is 1. The first-order chi connectivity index (χ1) is 17.1. The monoisotopic (exact) mass is 482 g/mol. The topological polar surface area (TPSA) is 123 Å². The van der Waals surface area contributed by atoms with Crippen LogP contribution in [-0.2, 0) is 0 Å². The molecule has 3 aromatic heterocycles. The van der Waals surface area contributed by atoms with Crippen molar-refractivity contribution in [3.63, 3.8) is 0 Å². The second-order valence-corrected chi connectivity index (χ2v) is 8.35. The van der Waals surface area contributed by atoms with Crippen molar-refractivity contribution >= 4 is 40.3 Å². The molecule has 9 nitrogen and oxygen atoms in total. The molecule has 5 rings (SSSR count). The Kier molecular flexibility index (Phi) is 6.30. The Balaban J connectivity index is 1.50. The number of ether oxygens (including phenoxy) is 1. The molecule has 0 radical (unpaired) electrons. The van der Waals surface area contributed by atoms with Crippen molar-refractivity contribution in [2.24, 2.45) is 4.99 Å². The summed E-state index contributed by atoms with van der Waals surface area (Å²) in [5, 5.41) is 0.274. The van der Waals surface area contributed by atoms with Gasteiger partial charge in [0.2, 0.25) is 0 Å². The zero-order valence-corrected chi connectivity index (χ0v) is 19.4. The number of Topliss-reactive ketones (excluding diaryl/α,β-unsaturated/α-hetero) is 1. The number of H-pyrrole nitrogens is 1. The zero-order valence-electron chi connectivity index (χ0n) is 18.6. The van der Waals surface area contributed by atoms with Gasteiger partial charge in [0.1, 0.15) is 17.1 Å². The lowest BCUT2D eigenvalue weighted by atomic mass is 10.1. The van der Waals surface area contributed by atoms with E-state index in [-0.39, 0.29) is 27.9 Å². The number of allylic oxidation sites excluding steroid dienone is 2. The minimum Gasteiger partial charge on any atom is -0.497 e. The molecule has 0 bridgehead atoms. The highest BCUT2D eigenvalue weighted by molar-refractivity contribution is 7.99. The van der Waals surface area contributed by atoms with E-state index in [1.807, 2.05) is 12.1 Å². The van der Waals surface area contributed by atoms with Crippen molar-refractivity contribution in [3.05, 3.63) is 82.4 Å². The van der Waals surface area contributed by atoms with Crippen molar-refractivity contribution in [2.45, 2.75) is 11.6 Å². The molecule has 4 aromatic rings. The van der Waals surface area contributed by atoms with Gasteiger partial charge < -0.3 is 4.74 Å². The summed E-state index contributed by atoms with van der Waals surface area (Å²) in [7, 11) is 1.57. The molecule has 1 aromatic carbocycles. The van der Waals surface area contributed by atoms with Gasteiger partial charge in [0.05, 0.1) is 24.3 Å². The molecule has 0 aliphatic carbocycles. The summed E-state index contributed by atoms with van der Waals surface area (Å²) in [5.74, 6) is 3.50. The molecule has 0 saturated heterocycles. The van der Waals surface area contributed by atoms with Gasteiger partial charge in [0.15, 0.2) is 22.1 Å². The van der Waals surface area contributed by atoms with Gasteiger partial charge in [-0.1, -0.05) is 23.9 Å². The van der Waals surface area contributed by atoms with Crippen LogP contribution >= 0.6 is 11.8 Å². The number of carbonyl (C=O) groups excluding carboxylic acids is 1. The molecule has 1 aliphatic heterocycles. The summed E-state index contributed by atoms with van der Waals surface area (Å²) in [6.07, 6.45) is 5.99. The third-order valence-corrected chi connectivity index (χ3v) is 6.00. The first-order valence-corrected chi connectivity index (χ1v) is 11.6. The standard InChI is InChI=1S/C25H18N6O3S/c1-34-16-10-8-15(9-11-16)19(32)14-35-25-30-23-22(24(33)31-25)28-20(17-6-2-4-12-26-17)21(29-23)18-7-3-5-13-27-18/h2,4-12H,3,14H2,1H3,(H,29,30,31,33). The maximum absolute atomic E-state index is 12.9. The molecule has 0 spiro atoms. The van der Waals surface area contributed by atoms with Crippen LogP contribution in [0.2, 0.25) is 0 Å². The number of ketones is 1. The van der Waals surface area contributed by atoms with E-state index in [0.29, 0.717) is 40.5 Å². The zero-order chi connectivity index (χ0) is 24.2. The van der Waals surface area contributed by atoms with Gasteiger partial charge in [-0.2, -0.15) is 0 Å². The summed E-state index contributed by atoms with van der Waals surface area (Å²) in [5.41, 5.74) is 2.35. The molecule has 0 saturated carbocycles. The number of aromatic amines is 1. The number of fused-ring (bicyclic) bond motifs is 1. The van der Waals surface area contributed by atoms with Crippen molar-refractivity contribution in [2.75, 3.05) is 12.9 Å². The molecular weight excluding hydrogens is 464 g/mol. The summed E-state index contributed by atoms with van der Waals surface area (Å²) in [4.78, 5) is 50.5. The first-order valence-electron chi connectivity index (χ1n) is 10.6. The summed E-state index contributed by atoms with van der Waals surface area (Å²) in [6.45, 7) is 0. The Morgan fingerprint density at radius 2 is 1.97 bits per heavy atom. The van der Waals surface area contributed by atoms with E-state index >= 15 is 0 Å². The highest BCUT2D eigenvalue weighted by atomic mass is 32.2. The molecule has 172 valence electrons. The van der Waals surface area contributed by atoms with E-state index in [1.54, 1.807) is 55.8 Å². The Morgan fingerprint density at radius 3 is 2.69 bits per heavy atom. The SMILES string of the molecule is COc1ccc(C(=O)CSc2nc3nc(C4=CCC=C=N4)c(-c4ccccn4)nc3c(=O)[nH]2)cc1. The quantitative estimate of drug-likeness (QED) is 0.240. The number of carbonyl (C=O) groups is 1. The van der Waals surface area contributed by atoms with Gasteiger partial charge in [-0.3, -0.25) is 19.6 Å². The number of methoxy groups -OCH3 is 1. The highest BCUT2D eigenvalue weighted by Gasteiger charge is 2.19. The van der Waals surface area contributed by atoms with E-state index in [4.69, 9.17) is 4.74 Å². The minimum atomic E-state index is -0.452. The number of nitrogens with one attached hydrogen (secondary N) is 1. The van der Waals surface area contributed by atoms with Crippen LogP contribution in [0.1, 0.15) is 22.5 Å². The molecule has 0 amide bonds.